The van der Waals surface area contributed by atoms with E-state index in [1.54, 1.807) is 18.2 Å². The number of rotatable bonds is 3. The Balaban J connectivity index is 2.32. The lowest BCUT2D eigenvalue weighted by Crippen LogP contribution is -2.16. The van der Waals surface area contributed by atoms with E-state index in [1.165, 1.54) is 0 Å². The van der Waals surface area contributed by atoms with Gasteiger partial charge in [-0.3, -0.25) is 4.79 Å². The third-order valence-electron chi connectivity index (χ3n) is 2.67. The predicted molar refractivity (Wildman–Crippen MR) is 58.1 cm³/mol. The fourth-order valence-electron chi connectivity index (χ4n) is 1.83. The monoisotopic (exact) mass is 222 g/mol. The van der Waals surface area contributed by atoms with E-state index < -0.39 is 11.9 Å². The van der Waals surface area contributed by atoms with Gasteiger partial charge in [0, 0.05) is 0 Å². The zero-order valence-corrected chi connectivity index (χ0v) is 9.10. The van der Waals surface area contributed by atoms with E-state index in [0.29, 0.717) is 31.1 Å². The van der Waals surface area contributed by atoms with Gasteiger partial charge in [-0.1, -0.05) is 13.0 Å². The van der Waals surface area contributed by atoms with Crippen molar-refractivity contribution < 1.29 is 19.4 Å². The molecule has 0 bridgehead atoms. The van der Waals surface area contributed by atoms with Gasteiger partial charge in [0.05, 0.1) is 5.92 Å². The van der Waals surface area contributed by atoms with Crippen LogP contribution in [0, 0.1) is 0 Å². The largest absolute Gasteiger partial charge is 0.486 e. The third-order valence-corrected chi connectivity index (χ3v) is 2.67. The molecule has 1 aliphatic heterocycles. The summed E-state index contributed by atoms with van der Waals surface area (Å²) in [4.78, 5) is 11.0. The van der Waals surface area contributed by atoms with Crippen LogP contribution in [0.1, 0.15) is 24.8 Å². The highest BCUT2D eigenvalue weighted by molar-refractivity contribution is 5.76. The lowest BCUT2D eigenvalue weighted by Gasteiger charge is -2.20. The van der Waals surface area contributed by atoms with Crippen molar-refractivity contribution in [3.63, 3.8) is 0 Å². The van der Waals surface area contributed by atoms with Crippen LogP contribution in [0.3, 0.4) is 0 Å². The van der Waals surface area contributed by atoms with Crippen LogP contribution in [0.4, 0.5) is 0 Å². The fraction of sp³-hybridized carbons (Fsp3) is 0.417. The molecule has 0 aromatic heterocycles. The number of hydrogen-bond donors (Lipinski definition) is 1. The molecule has 2 rings (SSSR count). The van der Waals surface area contributed by atoms with E-state index >= 15 is 0 Å². The SMILES string of the molecule is CCC(C(=O)O)c1ccc2c(c1)OCCO2. The van der Waals surface area contributed by atoms with Crippen LogP contribution in [-0.4, -0.2) is 24.3 Å². The molecule has 1 heterocycles. The number of carbonyl (C=O) groups is 1. The van der Waals surface area contributed by atoms with Gasteiger partial charge in [0.15, 0.2) is 11.5 Å². The topological polar surface area (TPSA) is 55.8 Å². The number of hydrogen-bond acceptors (Lipinski definition) is 3. The number of fused-ring (bicyclic) bond motifs is 1. The Morgan fingerprint density at radius 2 is 2.06 bits per heavy atom. The molecule has 1 aromatic rings. The summed E-state index contributed by atoms with van der Waals surface area (Å²) in [5.41, 5.74) is 0.763. The minimum absolute atomic E-state index is 0.476. The highest BCUT2D eigenvalue weighted by Crippen LogP contribution is 2.33. The molecule has 4 nitrogen and oxygen atoms in total. The molecule has 1 aromatic carbocycles. The Hall–Kier alpha value is -1.71. The lowest BCUT2D eigenvalue weighted by atomic mass is 9.96. The highest BCUT2D eigenvalue weighted by atomic mass is 16.6. The summed E-state index contributed by atoms with van der Waals surface area (Å²) in [6, 6.07) is 5.32. The van der Waals surface area contributed by atoms with Gasteiger partial charge in [-0.05, 0) is 24.1 Å². The first-order chi connectivity index (χ1) is 7.72. The number of aliphatic carboxylic acids is 1. The van der Waals surface area contributed by atoms with E-state index in [0.717, 1.165) is 5.56 Å². The van der Waals surface area contributed by atoms with E-state index in [4.69, 9.17) is 14.6 Å². The molecule has 1 atom stereocenters. The molecule has 0 saturated heterocycles. The molecule has 0 saturated carbocycles. The van der Waals surface area contributed by atoms with Crippen molar-refractivity contribution in [3.8, 4) is 11.5 Å². The van der Waals surface area contributed by atoms with Crippen LogP contribution in [0.2, 0.25) is 0 Å². The molecule has 0 aliphatic carbocycles. The van der Waals surface area contributed by atoms with Crippen LogP contribution >= 0.6 is 0 Å². The van der Waals surface area contributed by atoms with E-state index in [1.807, 2.05) is 6.92 Å². The molecule has 16 heavy (non-hydrogen) atoms. The molecule has 0 fully saturated rings. The van der Waals surface area contributed by atoms with E-state index in [2.05, 4.69) is 0 Å². The molecular weight excluding hydrogens is 208 g/mol. The maximum absolute atomic E-state index is 11.0. The van der Waals surface area contributed by atoms with Crippen molar-refractivity contribution in [2.24, 2.45) is 0 Å². The van der Waals surface area contributed by atoms with Crippen LogP contribution in [0.5, 0.6) is 11.5 Å². The molecule has 4 heteroatoms. The molecule has 1 unspecified atom stereocenters. The molecule has 86 valence electrons. The standard InChI is InChI=1S/C12H14O4/c1-2-9(12(13)14)8-3-4-10-11(7-8)16-6-5-15-10/h3-4,7,9H,2,5-6H2,1H3,(H,13,14). The minimum Gasteiger partial charge on any atom is -0.486 e. The maximum Gasteiger partial charge on any atom is 0.310 e. The van der Waals surface area contributed by atoms with Crippen molar-refractivity contribution in [1.82, 2.24) is 0 Å². The van der Waals surface area contributed by atoms with Crippen molar-refractivity contribution in [2.45, 2.75) is 19.3 Å². The Kier molecular flexibility index (Phi) is 2.99. The molecular formula is C12H14O4. The van der Waals surface area contributed by atoms with Crippen molar-refractivity contribution in [1.29, 1.82) is 0 Å². The zero-order valence-electron chi connectivity index (χ0n) is 9.10. The Labute approximate surface area is 93.8 Å². The molecule has 0 amide bonds. The quantitative estimate of drug-likeness (QED) is 0.850. The summed E-state index contributed by atoms with van der Waals surface area (Å²) in [6.07, 6.45) is 0.564. The lowest BCUT2D eigenvalue weighted by molar-refractivity contribution is -0.138. The summed E-state index contributed by atoms with van der Waals surface area (Å²) in [5.74, 6) is 0.0497. The van der Waals surface area contributed by atoms with Crippen LogP contribution in [0.15, 0.2) is 18.2 Å². The molecule has 1 N–H and O–H groups in total. The Bertz CT molecular complexity index is 400. The molecule has 0 spiro atoms. The van der Waals surface area contributed by atoms with Crippen molar-refractivity contribution in [3.05, 3.63) is 23.8 Å². The summed E-state index contributed by atoms with van der Waals surface area (Å²) in [6.45, 7) is 2.92. The minimum atomic E-state index is -0.806. The third kappa shape index (κ3) is 1.96. The predicted octanol–water partition coefficient (Wildman–Crippen LogP) is 2.04. The first-order valence-electron chi connectivity index (χ1n) is 5.34. The van der Waals surface area contributed by atoms with Crippen molar-refractivity contribution in [2.75, 3.05) is 13.2 Å². The van der Waals surface area contributed by atoms with Gasteiger partial charge in [0.1, 0.15) is 13.2 Å². The first kappa shape index (κ1) is 10.8. The van der Waals surface area contributed by atoms with Gasteiger partial charge < -0.3 is 14.6 Å². The van der Waals surface area contributed by atoms with E-state index in [9.17, 15) is 4.79 Å². The highest BCUT2D eigenvalue weighted by Gasteiger charge is 2.20. The number of carboxylic acids is 1. The smallest absolute Gasteiger partial charge is 0.310 e. The number of benzene rings is 1. The molecule has 1 aliphatic rings. The second-order valence-corrected chi connectivity index (χ2v) is 3.70. The average Bonchev–Trinajstić information content (AvgIpc) is 2.29. The summed E-state index contributed by atoms with van der Waals surface area (Å²) >= 11 is 0. The van der Waals surface area contributed by atoms with Gasteiger partial charge in [-0.25, -0.2) is 0 Å². The van der Waals surface area contributed by atoms with Crippen LogP contribution < -0.4 is 9.47 Å². The zero-order chi connectivity index (χ0) is 11.5. The van der Waals surface area contributed by atoms with Gasteiger partial charge in [0.25, 0.3) is 0 Å². The fourth-order valence-corrected chi connectivity index (χ4v) is 1.83. The first-order valence-corrected chi connectivity index (χ1v) is 5.34. The van der Waals surface area contributed by atoms with E-state index in [-0.39, 0.29) is 0 Å². The summed E-state index contributed by atoms with van der Waals surface area (Å²) < 4.78 is 10.8. The molecule has 0 radical (unpaired) electrons. The van der Waals surface area contributed by atoms with Gasteiger partial charge >= 0.3 is 5.97 Å². The number of carboxylic acid groups (broad SMARTS) is 1. The van der Waals surface area contributed by atoms with Gasteiger partial charge in [-0.2, -0.15) is 0 Å². The normalized spacial score (nSPS) is 15.6. The second-order valence-electron chi connectivity index (χ2n) is 3.70. The maximum atomic E-state index is 11.0. The van der Waals surface area contributed by atoms with Gasteiger partial charge in [0.2, 0.25) is 0 Å². The summed E-state index contributed by atoms with van der Waals surface area (Å²) in [7, 11) is 0. The number of ether oxygens (including phenoxy) is 2. The second kappa shape index (κ2) is 4.43. The van der Waals surface area contributed by atoms with Gasteiger partial charge in [-0.15, -0.1) is 0 Å². The Morgan fingerprint density at radius 3 is 2.69 bits per heavy atom. The average molecular weight is 222 g/mol. The Morgan fingerprint density at radius 1 is 1.38 bits per heavy atom. The summed E-state index contributed by atoms with van der Waals surface area (Å²) in [5, 5.41) is 9.06. The van der Waals surface area contributed by atoms with Crippen LogP contribution in [-0.2, 0) is 4.79 Å². The van der Waals surface area contributed by atoms with Crippen LogP contribution in [0.25, 0.3) is 0 Å². The van der Waals surface area contributed by atoms with Crippen molar-refractivity contribution >= 4 is 5.97 Å².